The second kappa shape index (κ2) is 5.22. The molecule has 0 saturated carbocycles. The predicted octanol–water partition coefficient (Wildman–Crippen LogP) is 5.66. The van der Waals surface area contributed by atoms with Crippen LogP contribution < -0.4 is 13.9 Å². The van der Waals surface area contributed by atoms with E-state index in [9.17, 15) is 0 Å². The fourth-order valence-corrected chi connectivity index (χ4v) is 7.82. The van der Waals surface area contributed by atoms with Crippen LogP contribution in [0.3, 0.4) is 0 Å². The molecule has 0 saturated heterocycles. The average molecular weight is 473 g/mol. The summed E-state index contributed by atoms with van der Waals surface area (Å²) < 4.78 is 14.1. The van der Waals surface area contributed by atoms with Crippen molar-refractivity contribution in [2.45, 2.75) is 5.66 Å². The highest BCUT2D eigenvalue weighted by Gasteiger charge is 2.67. The summed E-state index contributed by atoms with van der Waals surface area (Å²) >= 11 is 0. The molecule has 0 bridgehead atoms. The topological polar surface area (TPSA) is 34.3 Å². The first kappa shape index (κ1) is 17.4. The molecule has 5 heteroatoms. The second-order valence-electron chi connectivity index (χ2n) is 10.4. The lowest BCUT2D eigenvalue weighted by Gasteiger charge is -2.33. The minimum atomic E-state index is -0.600. The number of hydrogen-bond acceptors (Lipinski definition) is 2. The Morgan fingerprint density at radius 1 is 0.703 bits per heavy atom. The molecular formula is C32H16N4O+2. The summed E-state index contributed by atoms with van der Waals surface area (Å²) in [5.74, 6) is 1.83. The largest absolute Gasteiger partial charge is 0.456 e. The van der Waals surface area contributed by atoms with Crippen LogP contribution in [0, 0.1) is 0 Å². The van der Waals surface area contributed by atoms with Gasteiger partial charge >= 0.3 is 11.3 Å². The van der Waals surface area contributed by atoms with Gasteiger partial charge in [-0.05, 0) is 60.0 Å². The Bertz CT molecular complexity index is 2400. The Balaban J connectivity index is 1.57. The highest BCUT2D eigenvalue weighted by atomic mass is 16.5. The molecule has 0 radical (unpaired) electrons. The van der Waals surface area contributed by atoms with Gasteiger partial charge in [-0.1, -0.05) is 12.1 Å². The number of ether oxygens (including phenoxy) is 1. The molecule has 37 heavy (non-hydrogen) atoms. The first-order valence-electron chi connectivity index (χ1n) is 12.7. The Morgan fingerprint density at radius 2 is 1.59 bits per heavy atom. The number of fused-ring (bicyclic) bond motifs is 4. The van der Waals surface area contributed by atoms with E-state index in [-0.39, 0.29) is 0 Å². The summed E-state index contributed by atoms with van der Waals surface area (Å²) in [4.78, 5) is 4.97. The lowest BCUT2D eigenvalue weighted by atomic mass is 9.84. The number of nitrogens with zero attached hydrogens (tertiary/aromatic N) is 4. The van der Waals surface area contributed by atoms with Crippen LogP contribution in [0.4, 0.5) is 0 Å². The van der Waals surface area contributed by atoms with Crippen LogP contribution in [0.15, 0.2) is 97.5 Å². The number of benzene rings is 3. The van der Waals surface area contributed by atoms with E-state index in [1.54, 1.807) is 0 Å². The van der Waals surface area contributed by atoms with Crippen molar-refractivity contribution in [2.75, 3.05) is 0 Å². The van der Waals surface area contributed by atoms with Gasteiger partial charge in [0, 0.05) is 29.1 Å². The molecule has 3 aliphatic rings. The molecule has 11 rings (SSSR count). The van der Waals surface area contributed by atoms with Gasteiger partial charge in [0.05, 0.1) is 28.0 Å². The van der Waals surface area contributed by atoms with Crippen LogP contribution in [0.25, 0.3) is 60.4 Å². The molecule has 5 aromatic heterocycles. The molecule has 8 aromatic rings. The molecule has 5 nitrogen and oxygen atoms in total. The van der Waals surface area contributed by atoms with Crippen molar-refractivity contribution >= 4 is 49.1 Å². The van der Waals surface area contributed by atoms with Gasteiger partial charge in [-0.2, -0.15) is 8.97 Å². The van der Waals surface area contributed by atoms with Crippen molar-refractivity contribution in [2.24, 2.45) is 0 Å². The van der Waals surface area contributed by atoms with Crippen LogP contribution in [0.5, 0.6) is 11.5 Å². The molecule has 0 aliphatic carbocycles. The van der Waals surface area contributed by atoms with Crippen LogP contribution in [0.1, 0.15) is 11.1 Å². The maximum atomic E-state index is 6.72. The van der Waals surface area contributed by atoms with Gasteiger partial charge in [-0.3, -0.25) is 4.98 Å². The van der Waals surface area contributed by atoms with Gasteiger partial charge < -0.3 is 4.74 Å². The fraction of sp³-hybridized carbons (Fsp3) is 0.0312. The Morgan fingerprint density at radius 3 is 2.59 bits per heavy atom. The Labute approximate surface area is 209 Å². The van der Waals surface area contributed by atoms with E-state index in [2.05, 4.69) is 105 Å². The van der Waals surface area contributed by atoms with Crippen molar-refractivity contribution in [3.05, 3.63) is 109 Å². The summed E-state index contributed by atoms with van der Waals surface area (Å²) in [6.07, 6.45) is 6.41. The first-order valence-corrected chi connectivity index (χ1v) is 12.7. The molecule has 1 spiro atoms. The van der Waals surface area contributed by atoms with Crippen molar-refractivity contribution in [3.8, 4) is 22.8 Å². The van der Waals surface area contributed by atoms with E-state index in [0.717, 1.165) is 28.0 Å². The predicted molar refractivity (Wildman–Crippen MR) is 140 cm³/mol. The molecule has 0 N–H and O–H groups in total. The van der Waals surface area contributed by atoms with Crippen molar-refractivity contribution in [3.63, 3.8) is 0 Å². The highest BCUT2D eigenvalue weighted by molar-refractivity contribution is 6.27. The Hall–Kier alpha value is -5.03. The number of rotatable bonds is 0. The molecule has 1 unspecified atom stereocenters. The van der Waals surface area contributed by atoms with E-state index in [0.29, 0.717) is 0 Å². The number of pyridine rings is 4. The summed E-state index contributed by atoms with van der Waals surface area (Å²) in [7, 11) is 0. The second-order valence-corrected chi connectivity index (χ2v) is 10.4. The molecule has 0 fully saturated rings. The van der Waals surface area contributed by atoms with Gasteiger partial charge in [0.2, 0.25) is 5.69 Å². The molecule has 0 amide bonds. The van der Waals surface area contributed by atoms with Crippen LogP contribution in [-0.4, -0.2) is 9.38 Å². The lowest BCUT2D eigenvalue weighted by molar-refractivity contribution is -0.954. The van der Waals surface area contributed by atoms with E-state index in [1.807, 2.05) is 6.20 Å². The number of hydrogen-bond donors (Lipinski definition) is 0. The number of aromatic nitrogens is 4. The maximum absolute atomic E-state index is 6.72. The standard InChI is InChI=1S/C32H16N4O/c1-2-15-34-22(7-1)20-5-3-8-23-26(20)32(34)27-24(37-23)12-11-19-18-10-9-17-13-14-33-28-21-6-4-16-35(32)31(21)36(30(19)27)29(18)25(17)28/h1-16H/q+2. The Kier molecular flexibility index (Phi) is 2.46. The summed E-state index contributed by atoms with van der Waals surface area (Å²) in [5, 5.41) is 6.11. The zero-order chi connectivity index (χ0) is 23.6. The van der Waals surface area contributed by atoms with Crippen molar-refractivity contribution in [1.82, 2.24) is 9.38 Å². The quantitative estimate of drug-likeness (QED) is 0.162. The van der Waals surface area contributed by atoms with Gasteiger partial charge in [-0.15, -0.1) is 4.57 Å². The van der Waals surface area contributed by atoms with Gasteiger partial charge in [-0.25, -0.2) is 0 Å². The normalized spacial score (nSPS) is 18.1. The monoisotopic (exact) mass is 472 g/mol. The summed E-state index contributed by atoms with van der Waals surface area (Å²) in [6.45, 7) is 0. The highest BCUT2D eigenvalue weighted by Crippen LogP contribution is 2.56. The van der Waals surface area contributed by atoms with Crippen molar-refractivity contribution < 1.29 is 13.9 Å². The summed E-state index contributed by atoms with van der Waals surface area (Å²) in [5.41, 5.74) is 8.90. The average Bonchev–Trinajstić information content (AvgIpc) is 3.45. The SMILES string of the molecule is c1cc2c3c(c1)-c1cccc[n+]1C31c3c(ccc4c5ccc6ccnc7c8ccc[n+]1c8n(c34)c5c67)O2. The van der Waals surface area contributed by atoms with Crippen LogP contribution in [-0.2, 0) is 5.66 Å². The zero-order valence-corrected chi connectivity index (χ0v) is 19.4. The third-order valence-electron chi connectivity index (χ3n) is 8.99. The van der Waals surface area contributed by atoms with E-state index >= 15 is 0 Å². The van der Waals surface area contributed by atoms with Gasteiger partial charge in [0.1, 0.15) is 17.1 Å². The van der Waals surface area contributed by atoms with E-state index < -0.39 is 5.66 Å². The maximum Gasteiger partial charge on any atom is 0.374 e. The molecule has 168 valence electrons. The summed E-state index contributed by atoms with van der Waals surface area (Å²) in [6, 6.07) is 28.4. The third kappa shape index (κ3) is 1.54. The minimum Gasteiger partial charge on any atom is -0.456 e. The third-order valence-corrected chi connectivity index (χ3v) is 8.99. The van der Waals surface area contributed by atoms with Crippen molar-refractivity contribution in [1.29, 1.82) is 0 Å². The molecule has 3 aromatic carbocycles. The lowest BCUT2D eigenvalue weighted by Crippen LogP contribution is -2.74. The smallest absolute Gasteiger partial charge is 0.374 e. The van der Waals surface area contributed by atoms with Crippen LogP contribution >= 0.6 is 0 Å². The zero-order valence-electron chi connectivity index (χ0n) is 19.4. The van der Waals surface area contributed by atoms with Crippen LogP contribution in [0.2, 0.25) is 0 Å². The molecule has 8 heterocycles. The fourth-order valence-electron chi connectivity index (χ4n) is 7.82. The van der Waals surface area contributed by atoms with E-state index in [4.69, 9.17) is 9.72 Å². The molecular weight excluding hydrogens is 456 g/mol. The van der Waals surface area contributed by atoms with Gasteiger partial charge in [0.15, 0.2) is 22.8 Å². The minimum absolute atomic E-state index is 0.600. The molecule has 3 aliphatic heterocycles. The first-order chi connectivity index (χ1) is 18.4. The molecule has 1 atom stereocenters. The van der Waals surface area contributed by atoms with Gasteiger partial charge in [0.25, 0.3) is 0 Å². The van der Waals surface area contributed by atoms with E-state index in [1.165, 1.54) is 55.0 Å².